The molecule has 2 N–H and O–H groups in total. The average molecular weight is 493 g/mol. The molecule has 0 spiro atoms. The largest absolute Gasteiger partial charge is 0.323 e. The first-order valence-electron chi connectivity index (χ1n) is 10.0. The van der Waals surface area contributed by atoms with Gasteiger partial charge in [-0.3, -0.25) is 19.7 Å². The molecule has 0 fully saturated rings. The molecule has 7 nitrogen and oxygen atoms in total. The maximum absolute atomic E-state index is 13.6. The van der Waals surface area contributed by atoms with Crippen molar-refractivity contribution in [3.05, 3.63) is 101 Å². The third-order valence-corrected chi connectivity index (χ3v) is 6.52. The zero-order valence-corrected chi connectivity index (χ0v) is 19.2. The molecule has 170 valence electrons. The number of para-hydroxylation sites is 1. The molecule has 4 aromatic rings. The highest BCUT2D eigenvalue weighted by molar-refractivity contribution is 8.01. The first-order valence-corrected chi connectivity index (χ1v) is 11.8. The molecule has 3 aromatic carbocycles. The van der Waals surface area contributed by atoms with E-state index in [0.717, 1.165) is 23.1 Å². The summed E-state index contributed by atoms with van der Waals surface area (Å²) in [5.41, 5.74) is 1.51. The highest BCUT2D eigenvalue weighted by Gasteiger charge is 2.14. The Labute approximate surface area is 202 Å². The van der Waals surface area contributed by atoms with Crippen LogP contribution in [0.1, 0.15) is 26.3 Å². The molecule has 1 heterocycles. The molecule has 0 aliphatic carbocycles. The zero-order valence-electron chi connectivity index (χ0n) is 17.5. The molecule has 0 atom stereocenters. The molecule has 0 aliphatic heterocycles. The summed E-state index contributed by atoms with van der Waals surface area (Å²) in [7, 11) is 0. The van der Waals surface area contributed by atoms with Gasteiger partial charge in [0.25, 0.3) is 5.91 Å². The summed E-state index contributed by atoms with van der Waals surface area (Å²) in [5, 5.41) is 13.3. The van der Waals surface area contributed by atoms with Gasteiger partial charge in [0, 0.05) is 16.7 Å². The summed E-state index contributed by atoms with van der Waals surface area (Å²) >= 11 is 2.24. The van der Waals surface area contributed by atoms with Crippen LogP contribution in [-0.2, 0) is 4.79 Å². The third kappa shape index (κ3) is 5.91. The van der Waals surface area contributed by atoms with Gasteiger partial charge in [-0.1, -0.05) is 77.7 Å². The van der Waals surface area contributed by atoms with Gasteiger partial charge < -0.3 is 5.32 Å². The number of nitrogens with zero attached hydrogens (tertiary/aromatic N) is 2. The van der Waals surface area contributed by atoms with Crippen LogP contribution >= 0.6 is 23.1 Å². The zero-order chi connectivity index (χ0) is 23.9. The summed E-state index contributed by atoms with van der Waals surface area (Å²) in [6, 6.07) is 21.1. The van der Waals surface area contributed by atoms with Crippen LogP contribution in [0.2, 0.25) is 0 Å². The number of thioether (sulfide) groups is 1. The molecule has 0 unspecified atom stereocenters. The van der Waals surface area contributed by atoms with Crippen molar-refractivity contribution >= 4 is 51.5 Å². The maximum Gasteiger partial charge on any atom is 0.257 e. The minimum absolute atomic E-state index is 0.00776. The van der Waals surface area contributed by atoms with Crippen LogP contribution in [0.15, 0.2) is 83.2 Å². The molecule has 10 heteroatoms. The van der Waals surface area contributed by atoms with Crippen LogP contribution in [0.25, 0.3) is 0 Å². The Balaban J connectivity index is 1.30. The molecule has 2 amide bonds. The van der Waals surface area contributed by atoms with Gasteiger partial charge in [0.15, 0.2) is 10.1 Å². The van der Waals surface area contributed by atoms with Crippen LogP contribution in [-0.4, -0.2) is 33.5 Å². The van der Waals surface area contributed by atoms with E-state index in [1.807, 2.05) is 6.07 Å². The van der Waals surface area contributed by atoms with Crippen molar-refractivity contribution in [3.63, 3.8) is 0 Å². The molecular formula is C24H17FN4O3S2. The number of carbonyl (C=O) groups is 3. The van der Waals surface area contributed by atoms with Crippen molar-refractivity contribution in [2.45, 2.75) is 4.34 Å². The Hall–Kier alpha value is -3.89. The van der Waals surface area contributed by atoms with E-state index in [1.54, 1.807) is 54.6 Å². The predicted molar refractivity (Wildman–Crippen MR) is 130 cm³/mol. The van der Waals surface area contributed by atoms with Gasteiger partial charge in [0.05, 0.1) is 11.4 Å². The van der Waals surface area contributed by atoms with Gasteiger partial charge in [0.2, 0.25) is 11.0 Å². The normalized spacial score (nSPS) is 10.5. The van der Waals surface area contributed by atoms with E-state index in [-0.39, 0.29) is 28.3 Å². The number of halogens is 1. The van der Waals surface area contributed by atoms with Crippen molar-refractivity contribution in [1.82, 2.24) is 10.2 Å². The van der Waals surface area contributed by atoms with E-state index < -0.39 is 11.7 Å². The van der Waals surface area contributed by atoms with Gasteiger partial charge in [-0.25, -0.2) is 4.39 Å². The highest BCUT2D eigenvalue weighted by Crippen LogP contribution is 2.26. The van der Waals surface area contributed by atoms with Crippen LogP contribution < -0.4 is 10.6 Å². The first kappa shape index (κ1) is 23.3. The average Bonchev–Trinajstić information content (AvgIpc) is 3.31. The summed E-state index contributed by atoms with van der Waals surface area (Å²) in [5.74, 6) is -1.42. The topological polar surface area (TPSA) is 101 Å². The van der Waals surface area contributed by atoms with Gasteiger partial charge in [-0.05, 0) is 24.3 Å². The number of rotatable bonds is 8. The Kier molecular flexibility index (Phi) is 7.41. The van der Waals surface area contributed by atoms with E-state index in [2.05, 4.69) is 20.8 Å². The second kappa shape index (κ2) is 10.8. The first-order chi connectivity index (χ1) is 16.5. The van der Waals surface area contributed by atoms with E-state index >= 15 is 0 Å². The Morgan fingerprint density at radius 2 is 1.44 bits per heavy atom. The van der Waals surface area contributed by atoms with Crippen LogP contribution in [0, 0.1) is 5.82 Å². The number of aromatic nitrogens is 2. The number of carbonyl (C=O) groups excluding carboxylic acids is 3. The fourth-order valence-electron chi connectivity index (χ4n) is 2.89. The van der Waals surface area contributed by atoms with E-state index in [1.165, 1.54) is 18.2 Å². The molecular weight excluding hydrogens is 475 g/mol. The Morgan fingerprint density at radius 1 is 0.794 bits per heavy atom. The predicted octanol–water partition coefficient (Wildman–Crippen LogP) is 4.89. The molecule has 34 heavy (non-hydrogen) atoms. The fourth-order valence-corrected chi connectivity index (χ4v) is 4.44. The third-order valence-electron chi connectivity index (χ3n) is 4.55. The van der Waals surface area contributed by atoms with E-state index in [9.17, 15) is 18.8 Å². The van der Waals surface area contributed by atoms with Gasteiger partial charge >= 0.3 is 0 Å². The highest BCUT2D eigenvalue weighted by atomic mass is 32.2. The van der Waals surface area contributed by atoms with Crippen LogP contribution in [0.3, 0.4) is 0 Å². The number of hydrogen-bond donors (Lipinski definition) is 2. The van der Waals surface area contributed by atoms with Crippen LogP contribution in [0.5, 0.6) is 0 Å². The SMILES string of the molecule is O=C(CSc1nnc(NC(=O)c2ccc(C(=O)c3ccccc3)cc2)s1)Nc1ccccc1F. The minimum Gasteiger partial charge on any atom is -0.323 e. The molecule has 0 bridgehead atoms. The summed E-state index contributed by atoms with van der Waals surface area (Å²) in [6.07, 6.45) is 0. The molecule has 0 saturated carbocycles. The molecule has 0 radical (unpaired) electrons. The second-order valence-corrected chi connectivity index (χ2v) is 9.12. The monoisotopic (exact) mass is 492 g/mol. The summed E-state index contributed by atoms with van der Waals surface area (Å²) in [6.45, 7) is 0. The number of nitrogens with one attached hydrogen (secondary N) is 2. The van der Waals surface area contributed by atoms with Crippen molar-refractivity contribution in [3.8, 4) is 0 Å². The fraction of sp³-hybridized carbons (Fsp3) is 0.0417. The summed E-state index contributed by atoms with van der Waals surface area (Å²) in [4.78, 5) is 37.0. The molecule has 0 aliphatic rings. The smallest absolute Gasteiger partial charge is 0.257 e. The van der Waals surface area contributed by atoms with Crippen molar-refractivity contribution < 1.29 is 18.8 Å². The molecule has 0 saturated heterocycles. The number of amides is 2. The lowest BCUT2D eigenvalue weighted by Gasteiger charge is -2.04. The molecule has 4 rings (SSSR count). The van der Waals surface area contributed by atoms with Gasteiger partial charge in [-0.2, -0.15) is 0 Å². The summed E-state index contributed by atoms with van der Waals surface area (Å²) < 4.78 is 14.1. The lowest BCUT2D eigenvalue weighted by atomic mass is 10.0. The Morgan fingerprint density at radius 3 is 2.18 bits per heavy atom. The standard InChI is InChI=1S/C24H17FN4O3S2/c25-18-8-4-5-9-19(18)26-20(30)14-33-24-29-28-23(34-24)27-22(32)17-12-10-16(11-13-17)21(31)15-6-2-1-3-7-15/h1-13H,14H2,(H,26,30)(H,27,28,32). The number of benzene rings is 3. The lowest BCUT2D eigenvalue weighted by molar-refractivity contribution is -0.113. The van der Waals surface area contributed by atoms with Gasteiger partial charge in [-0.15, -0.1) is 10.2 Å². The maximum atomic E-state index is 13.6. The van der Waals surface area contributed by atoms with E-state index in [4.69, 9.17) is 0 Å². The van der Waals surface area contributed by atoms with Crippen molar-refractivity contribution in [2.24, 2.45) is 0 Å². The number of hydrogen-bond acceptors (Lipinski definition) is 7. The quantitative estimate of drug-likeness (QED) is 0.206. The number of ketones is 1. The van der Waals surface area contributed by atoms with Crippen LogP contribution in [0.4, 0.5) is 15.2 Å². The Bertz CT molecular complexity index is 1330. The number of anilines is 2. The lowest BCUT2D eigenvalue weighted by Crippen LogP contribution is -2.14. The van der Waals surface area contributed by atoms with Crippen molar-refractivity contribution in [2.75, 3.05) is 16.4 Å². The van der Waals surface area contributed by atoms with Crippen molar-refractivity contribution in [1.29, 1.82) is 0 Å². The molecule has 1 aromatic heterocycles. The second-order valence-electron chi connectivity index (χ2n) is 6.92. The van der Waals surface area contributed by atoms with Gasteiger partial charge in [0.1, 0.15) is 5.82 Å². The minimum atomic E-state index is -0.515. The van der Waals surface area contributed by atoms with E-state index in [0.29, 0.717) is 21.0 Å².